The van der Waals surface area contributed by atoms with E-state index in [0.717, 1.165) is 0 Å². The van der Waals surface area contributed by atoms with Crippen LogP contribution in [0, 0.1) is 176 Å². The van der Waals surface area contributed by atoms with Crippen LogP contribution in [-0.4, -0.2) is 0 Å². The van der Waals surface area contributed by atoms with Crippen LogP contribution in [0.3, 0.4) is 0 Å². The van der Waals surface area contributed by atoms with E-state index in [9.17, 15) is 0 Å². The molecule has 0 heterocycles. The Morgan fingerprint density at radius 2 is 0.750 bits per heavy atom. The van der Waals surface area contributed by atoms with E-state index in [0.29, 0.717) is 0 Å². The van der Waals surface area contributed by atoms with Gasteiger partial charge in [-0.05, 0) is 0 Å². The van der Waals surface area contributed by atoms with Crippen molar-refractivity contribution in [3.05, 3.63) is 0 Å². The molecule has 0 aromatic carbocycles. The number of hydrogen-bond acceptors (Lipinski definition) is 0. The molecular weight excluding hydrogens is 631 g/mol. The Hall–Kier alpha value is 5.75. The van der Waals surface area contributed by atoms with Gasteiger partial charge in [-0.1, -0.05) is 0 Å². The minimum absolute atomic E-state index is 0. The first kappa shape index (κ1) is 22.6. The molecule has 0 fully saturated rings. The molecular formula is NdPrYb2. The van der Waals surface area contributed by atoms with Crippen LogP contribution >= 0.6 is 0 Å². The van der Waals surface area contributed by atoms with Crippen LogP contribution in [0.1, 0.15) is 0 Å². The molecule has 4 heteroatoms. The molecule has 0 bridgehead atoms. The van der Waals surface area contributed by atoms with E-state index in [2.05, 4.69) is 0 Å². The Bertz CT molecular complexity index is 6.00. The fourth-order valence-electron chi connectivity index (χ4n) is 0. The van der Waals surface area contributed by atoms with E-state index in [-0.39, 0.29) is 176 Å². The van der Waals surface area contributed by atoms with E-state index in [4.69, 9.17) is 0 Å². The summed E-state index contributed by atoms with van der Waals surface area (Å²) in [5.41, 5.74) is 0. The standard InChI is InChI=1S/Nd.Pr.2Yb. The van der Waals surface area contributed by atoms with Crippen LogP contribution in [0.25, 0.3) is 0 Å². The molecule has 0 spiro atoms. The Labute approximate surface area is 169 Å². The topological polar surface area (TPSA) is 0 Å². The molecule has 0 saturated heterocycles. The fraction of sp³-hybridized carbons (Fsp3) is 0. The molecule has 0 aliphatic heterocycles. The summed E-state index contributed by atoms with van der Waals surface area (Å²) in [7, 11) is 0. The summed E-state index contributed by atoms with van der Waals surface area (Å²) in [6, 6.07) is 0. The van der Waals surface area contributed by atoms with Crippen molar-refractivity contribution in [1.82, 2.24) is 0 Å². The smallest absolute Gasteiger partial charge is 0 e. The number of hydrogen-bond donors (Lipinski definition) is 0. The third kappa shape index (κ3) is 10.7. The second-order valence-corrected chi connectivity index (χ2v) is 0. The van der Waals surface area contributed by atoms with Crippen molar-refractivity contribution in [1.29, 1.82) is 0 Å². The summed E-state index contributed by atoms with van der Waals surface area (Å²) in [6.07, 6.45) is 0. The molecule has 0 unspecified atom stereocenters. The van der Waals surface area contributed by atoms with Gasteiger partial charge in [-0.25, -0.2) is 0 Å². The van der Waals surface area contributed by atoms with Crippen LogP contribution in [0.2, 0.25) is 0 Å². The average Bonchev–Trinajstić information content (AvgIpc) is 0. The number of rotatable bonds is 0. The zero-order valence-corrected chi connectivity index (χ0v) is 12.0. The van der Waals surface area contributed by atoms with Crippen LogP contribution in [0.15, 0.2) is 0 Å². The van der Waals surface area contributed by atoms with Crippen molar-refractivity contribution in [2.24, 2.45) is 0 Å². The van der Waals surface area contributed by atoms with Gasteiger partial charge in [-0.3, -0.25) is 0 Å². The monoisotopic (exact) mass is 631 g/mol. The van der Waals surface area contributed by atoms with Gasteiger partial charge in [0.1, 0.15) is 0 Å². The van der Waals surface area contributed by atoms with Crippen molar-refractivity contribution in [3.8, 4) is 0 Å². The maximum absolute atomic E-state index is 0. The van der Waals surface area contributed by atoms with Gasteiger partial charge in [0.25, 0.3) is 0 Å². The molecule has 0 N–H and O–H groups in total. The predicted molar refractivity (Wildman–Crippen MR) is 0 cm³/mol. The molecule has 0 aliphatic rings. The first-order valence-electron chi connectivity index (χ1n) is 0. The molecule has 4 heavy (non-hydrogen) atoms. The Morgan fingerprint density at radius 1 is 0.750 bits per heavy atom. The van der Waals surface area contributed by atoms with Gasteiger partial charge in [-0.2, -0.15) is 0 Å². The first-order chi connectivity index (χ1) is 0. The molecule has 0 nitrogen and oxygen atoms in total. The maximum Gasteiger partial charge on any atom is 0 e. The van der Waals surface area contributed by atoms with E-state index in [1.165, 1.54) is 0 Å². The minimum Gasteiger partial charge on any atom is 0 e. The van der Waals surface area contributed by atoms with Crippen molar-refractivity contribution < 1.29 is 176 Å². The van der Waals surface area contributed by atoms with Gasteiger partial charge in [0.2, 0.25) is 0 Å². The average molecular weight is 631 g/mol. The molecule has 0 rings (SSSR count). The van der Waals surface area contributed by atoms with Crippen LogP contribution in [-0.2, 0) is 0 Å². The Morgan fingerprint density at radius 3 is 0.750 bits per heavy atom. The van der Waals surface area contributed by atoms with Gasteiger partial charge in [0.15, 0.2) is 0 Å². The molecule has 0 aliphatic carbocycles. The molecule has 0 aromatic rings. The molecule has 0 saturated carbocycles. The normalized spacial score (nSPS) is 0. The summed E-state index contributed by atoms with van der Waals surface area (Å²) in [4.78, 5) is 0. The van der Waals surface area contributed by atoms with Crippen LogP contribution in [0.4, 0.5) is 0 Å². The minimum atomic E-state index is 0. The van der Waals surface area contributed by atoms with Crippen molar-refractivity contribution in [3.63, 3.8) is 0 Å². The molecule has 35 valence electrons. The molecule has 0 atom stereocenters. The molecule has 1 radical (unpaired) electrons. The van der Waals surface area contributed by atoms with Crippen molar-refractivity contribution in [2.75, 3.05) is 0 Å². The second kappa shape index (κ2) is 15.9. The molecule has 0 amide bonds. The van der Waals surface area contributed by atoms with Crippen molar-refractivity contribution in [2.45, 2.75) is 0 Å². The largest absolute Gasteiger partial charge is 0 e. The zero-order valence-electron chi connectivity index (χ0n) is 1.61. The van der Waals surface area contributed by atoms with E-state index in [1.807, 2.05) is 0 Å². The van der Waals surface area contributed by atoms with Crippen LogP contribution < -0.4 is 0 Å². The van der Waals surface area contributed by atoms with Gasteiger partial charge in [-0.15, -0.1) is 0 Å². The fourth-order valence-corrected chi connectivity index (χ4v) is 0. The van der Waals surface area contributed by atoms with E-state index >= 15 is 0 Å². The van der Waals surface area contributed by atoms with Crippen molar-refractivity contribution >= 4 is 0 Å². The maximum atomic E-state index is 0. The van der Waals surface area contributed by atoms with Gasteiger partial charge < -0.3 is 0 Å². The first-order valence-corrected chi connectivity index (χ1v) is 0. The van der Waals surface area contributed by atoms with Gasteiger partial charge >= 0.3 is 0 Å². The SMILES string of the molecule is [Nd].[Pr].[Yb].[Yb]. The quantitative estimate of drug-likeness (QED) is 0.354. The van der Waals surface area contributed by atoms with E-state index < -0.39 is 0 Å². The third-order valence-corrected chi connectivity index (χ3v) is 0. The van der Waals surface area contributed by atoms with E-state index in [1.54, 1.807) is 0 Å². The summed E-state index contributed by atoms with van der Waals surface area (Å²) < 4.78 is 0. The third-order valence-electron chi connectivity index (χ3n) is 0. The second-order valence-electron chi connectivity index (χ2n) is 0. The summed E-state index contributed by atoms with van der Waals surface area (Å²) >= 11 is 0. The molecule has 0 aromatic heterocycles. The van der Waals surface area contributed by atoms with Gasteiger partial charge in [0.05, 0.1) is 0 Å². The summed E-state index contributed by atoms with van der Waals surface area (Å²) in [5.74, 6) is 0. The zero-order chi connectivity index (χ0) is 0. The van der Waals surface area contributed by atoms with Gasteiger partial charge in [0, 0.05) is 176 Å². The predicted octanol–water partition coefficient (Wildman–Crippen LogP) is 0. The Balaban J connectivity index is 0. The summed E-state index contributed by atoms with van der Waals surface area (Å²) in [5, 5.41) is 0. The summed E-state index contributed by atoms with van der Waals surface area (Å²) in [6.45, 7) is 0. The Kier molecular flexibility index (Phi) is 89.7. The van der Waals surface area contributed by atoms with Crippen LogP contribution in [0.5, 0.6) is 0 Å².